The van der Waals surface area contributed by atoms with Crippen LogP contribution in [0.2, 0.25) is 0 Å². The Labute approximate surface area is 141 Å². The summed E-state index contributed by atoms with van der Waals surface area (Å²) in [5.41, 5.74) is 0.662. The number of nitrogens with zero attached hydrogens (tertiary/aromatic N) is 1. The van der Waals surface area contributed by atoms with E-state index in [4.69, 9.17) is 4.74 Å². The number of carbonyl (C=O) groups excluding carboxylic acids is 3. The van der Waals surface area contributed by atoms with Crippen LogP contribution < -0.4 is 10.1 Å². The molecule has 0 spiro atoms. The van der Waals surface area contributed by atoms with Crippen molar-refractivity contribution in [2.45, 2.75) is 51.0 Å². The van der Waals surface area contributed by atoms with Gasteiger partial charge in [0.15, 0.2) is 0 Å². The number of hydrogen-bond donors (Lipinski definition) is 1. The Hall–Kier alpha value is -2.37. The predicted molar refractivity (Wildman–Crippen MR) is 88.5 cm³/mol. The molecule has 2 fully saturated rings. The smallest absolute Gasteiger partial charge is 0.229 e. The topological polar surface area (TPSA) is 75.7 Å². The van der Waals surface area contributed by atoms with E-state index in [-0.39, 0.29) is 49.6 Å². The quantitative estimate of drug-likeness (QED) is 0.813. The molecule has 1 saturated carbocycles. The Morgan fingerprint density at radius 2 is 1.88 bits per heavy atom. The van der Waals surface area contributed by atoms with Gasteiger partial charge in [-0.2, -0.15) is 0 Å². The number of imide groups is 1. The van der Waals surface area contributed by atoms with E-state index in [1.165, 1.54) is 17.7 Å². The van der Waals surface area contributed by atoms with Crippen molar-refractivity contribution in [1.29, 1.82) is 0 Å². The Kier molecular flexibility index (Phi) is 5.13. The molecule has 3 rings (SSSR count). The third-order valence-electron chi connectivity index (χ3n) is 4.44. The predicted octanol–water partition coefficient (Wildman–Crippen LogP) is 2.49. The number of rotatable bonds is 6. The fourth-order valence-electron chi connectivity index (χ4n) is 3.15. The Morgan fingerprint density at radius 1 is 1.17 bits per heavy atom. The summed E-state index contributed by atoms with van der Waals surface area (Å²) in [5.74, 6) is 0.143. The summed E-state index contributed by atoms with van der Waals surface area (Å²) in [6.07, 6.45) is 5.43. The first-order chi connectivity index (χ1) is 11.6. The van der Waals surface area contributed by atoms with Crippen molar-refractivity contribution < 1.29 is 19.1 Å². The highest BCUT2D eigenvalue weighted by Gasteiger charge is 2.28. The van der Waals surface area contributed by atoms with Gasteiger partial charge in [0.2, 0.25) is 17.7 Å². The maximum absolute atomic E-state index is 12.0. The van der Waals surface area contributed by atoms with Crippen LogP contribution in [0.4, 0.5) is 5.69 Å². The molecule has 2 aliphatic rings. The Balaban J connectivity index is 1.50. The van der Waals surface area contributed by atoms with Gasteiger partial charge in [0.25, 0.3) is 0 Å². The fourth-order valence-corrected chi connectivity index (χ4v) is 3.15. The third kappa shape index (κ3) is 4.13. The number of hydrogen-bond acceptors (Lipinski definition) is 4. The molecule has 1 aromatic carbocycles. The number of carbonyl (C=O) groups is 3. The third-order valence-corrected chi connectivity index (χ3v) is 4.44. The normalized spacial score (nSPS) is 18.2. The van der Waals surface area contributed by atoms with Gasteiger partial charge in [-0.3, -0.25) is 19.3 Å². The molecule has 6 heteroatoms. The van der Waals surface area contributed by atoms with E-state index in [1.807, 2.05) is 18.2 Å². The number of amides is 3. The minimum absolute atomic E-state index is 0.102. The summed E-state index contributed by atoms with van der Waals surface area (Å²) in [4.78, 5) is 36.2. The number of likely N-dealkylation sites (tertiary alicyclic amines) is 1. The molecule has 1 heterocycles. The molecule has 0 atom stereocenters. The van der Waals surface area contributed by atoms with Gasteiger partial charge >= 0.3 is 0 Å². The van der Waals surface area contributed by atoms with Crippen LogP contribution in [0.5, 0.6) is 5.75 Å². The van der Waals surface area contributed by atoms with Crippen molar-refractivity contribution in [3.8, 4) is 5.75 Å². The van der Waals surface area contributed by atoms with Crippen molar-refractivity contribution in [3.05, 3.63) is 24.3 Å². The number of benzene rings is 1. The van der Waals surface area contributed by atoms with Crippen LogP contribution in [0.25, 0.3) is 0 Å². The molecule has 6 nitrogen and oxygen atoms in total. The summed E-state index contributed by atoms with van der Waals surface area (Å²) >= 11 is 0. The van der Waals surface area contributed by atoms with Gasteiger partial charge in [-0.1, -0.05) is 6.07 Å². The molecule has 0 radical (unpaired) electrons. The SMILES string of the molecule is O=C(CCN1C(=O)CCC1=O)Nc1cccc(OC2CCCC2)c1. The summed E-state index contributed by atoms with van der Waals surface area (Å²) in [5, 5.41) is 2.79. The highest BCUT2D eigenvalue weighted by molar-refractivity contribution is 6.02. The van der Waals surface area contributed by atoms with E-state index >= 15 is 0 Å². The van der Waals surface area contributed by atoms with Crippen molar-refractivity contribution in [2.75, 3.05) is 11.9 Å². The van der Waals surface area contributed by atoms with E-state index in [0.717, 1.165) is 18.6 Å². The number of ether oxygens (including phenoxy) is 1. The maximum Gasteiger partial charge on any atom is 0.229 e. The fraction of sp³-hybridized carbons (Fsp3) is 0.500. The van der Waals surface area contributed by atoms with E-state index < -0.39 is 0 Å². The molecular formula is C18H22N2O4. The van der Waals surface area contributed by atoms with Gasteiger partial charge in [0.1, 0.15) is 5.75 Å². The van der Waals surface area contributed by atoms with Crippen molar-refractivity contribution in [3.63, 3.8) is 0 Å². The highest BCUT2D eigenvalue weighted by atomic mass is 16.5. The lowest BCUT2D eigenvalue weighted by molar-refractivity contribution is -0.138. The van der Waals surface area contributed by atoms with Crippen LogP contribution in [0.3, 0.4) is 0 Å². The molecule has 128 valence electrons. The second kappa shape index (κ2) is 7.47. The zero-order valence-electron chi connectivity index (χ0n) is 13.6. The first-order valence-corrected chi connectivity index (χ1v) is 8.51. The molecule has 1 N–H and O–H groups in total. The largest absolute Gasteiger partial charge is 0.490 e. The van der Waals surface area contributed by atoms with Crippen LogP contribution in [0.15, 0.2) is 24.3 Å². The molecule has 1 saturated heterocycles. The molecule has 0 aromatic heterocycles. The lowest BCUT2D eigenvalue weighted by Crippen LogP contribution is -2.32. The van der Waals surface area contributed by atoms with E-state index in [9.17, 15) is 14.4 Å². The highest BCUT2D eigenvalue weighted by Crippen LogP contribution is 2.25. The van der Waals surface area contributed by atoms with E-state index in [0.29, 0.717) is 5.69 Å². The van der Waals surface area contributed by atoms with Gasteiger partial charge in [-0.25, -0.2) is 0 Å². The zero-order valence-corrected chi connectivity index (χ0v) is 13.6. The minimum atomic E-state index is -0.222. The molecule has 0 bridgehead atoms. The Bertz CT molecular complexity index is 622. The molecule has 0 unspecified atom stereocenters. The number of anilines is 1. The van der Waals surface area contributed by atoms with Crippen molar-refractivity contribution >= 4 is 23.4 Å². The van der Waals surface area contributed by atoms with Crippen LogP contribution in [-0.4, -0.2) is 35.3 Å². The summed E-state index contributed by atoms with van der Waals surface area (Å²) < 4.78 is 5.92. The molecule has 1 aliphatic carbocycles. The monoisotopic (exact) mass is 330 g/mol. The zero-order chi connectivity index (χ0) is 16.9. The number of nitrogens with one attached hydrogen (secondary N) is 1. The van der Waals surface area contributed by atoms with E-state index in [1.54, 1.807) is 6.07 Å². The average molecular weight is 330 g/mol. The molecule has 1 aliphatic heterocycles. The Morgan fingerprint density at radius 3 is 2.58 bits per heavy atom. The van der Waals surface area contributed by atoms with E-state index in [2.05, 4.69) is 5.32 Å². The first-order valence-electron chi connectivity index (χ1n) is 8.51. The van der Waals surface area contributed by atoms with Crippen LogP contribution >= 0.6 is 0 Å². The van der Waals surface area contributed by atoms with Crippen molar-refractivity contribution in [1.82, 2.24) is 4.90 Å². The summed E-state index contributed by atoms with van der Waals surface area (Å²) in [7, 11) is 0. The van der Waals surface area contributed by atoms with Gasteiger partial charge in [-0.05, 0) is 37.8 Å². The summed E-state index contributed by atoms with van der Waals surface area (Å²) in [6.45, 7) is 0.141. The molecule has 3 amide bonds. The van der Waals surface area contributed by atoms with Crippen LogP contribution in [0, 0.1) is 0 Å². The molecular weight excluding hydrogens is 308 g/mol. The van der Waals surface area contributed by atoms with Gasteiger partial charge in [-0.15, -0.1) is 0 Å². The van der Waals surface area contributed by atoms with Gasteiger partial charge < -0.3 is 10.1 Å². The first kappa shape index (κ1) is 16.5. The average Bonchev–Trinajstić information content (AvgIpc) is 3.16. The second-order valence-corrected chi connectivity index (χ2v) is 6.29. The second-order valence-electron chi connectivity index (χ2n) is 6.29. The van der Waals surface area contributed by atoms with Gasteiger partial charge in [0, 0.05) is 37.6 Å². The standard InChI is InChI=1S/C18H22N2O4/c21-16(10-11-20-17(22)8-9-18(20)23)19-13-4-3-7-15(12-13)24-14-5-1-2-6-14/h3-4,7,12,14H,1-2,5-6,8-11H2,(H,19,21). The maximum atomic E-state index is 12.0. The lowest BCUT2D eigenvalue weighted by Gasteiger charge is -2.15. The van der Waals surface area contributed by atoms with Crippen LogP contribution in [-0.2, 0) is 14.4 Å². The van der Waals surface area contributed by atoms with Crippen molar-refractivity contribution in [2.24, 2.45) is 0 Å². The van der Waals surface area contributed by atoms with Gasteiger partial charge in [0.05, 0.1) is 6.10 Å². The van der Waals surface area contributed by atoms with Crippen LogP contribution in [0.1, 0.15) is 44.9 Å². The lowest BCUT2D eigenvalue weighted by atomic mass is 10.2. The molecule has 1 aromatic rings. The summed E-state index contributed by atoms with van der Waals surface area (Å²) in [6, 6.07) is 7.33. The molecule has 24 heavy (non-hydrogen) atoms. The minimum Gasteiger partial charge on any atom is -0.490 e.